The van der Waals surface area contributed by atoms with Crippen LogP contribution in [-0.2, 0) is 17.8 Å². The van der Waals surface area contributed by atoms with E-state index in [1.165, 1.54) is 0 Å². The zero-order valence-electron chi connectivity index (χ0n) is 13.3. The van der Waals surface area contributed by atoms with Crippen molar-refractivity contribution in [3.8, 4) is 10.7 Å². The normalized spacial score (nSPS) is 17.8. The highest BCUT2D eigenvalue weighted by molar-refractivity contribution is 7.13. The summed E-state index contributed by atoms with van der Waals surface area (Å²) >= 11 is 1.60. The first-order chi connectivity index (χ1) is 11.9. The summed E-state index contributed by atoms with van der Waals surface area (Å²) in [6.07, 6.45) is 4.18. The van der Waals surface area contributed by atoms with Crippen molar-refractivity contribution >= 4 is 11.3 Å². The van der Waals surface area contributed by atoms with Gasteiger partial charge in [-0.3, -0.25) is 4.90 Å². The Morgan fingerprint density at radius 2 is 2.25 bits per heavy atom. The van der Waals surface area contributed by atoms with Crippen molar-refractivity contribution in [2.24, 2.45) is 0 Å². The van der Waals surface area contributed by atoms with Crippen molar-refractivity contribution in [1.29, 1.82) is 0 Å². The van der Waals surface area contributed by atoms with E-state index in [0.717, 1.165) is 36.6 Å². The van der Waals surface area contributed by atoms with Gasteiger partial charge in [0, 0.05) is 13.2 Å². The van der Waals surface area contributed by atoms with Gasteiger partial charge in [0.25, 0.3) is 0 Å². The second-order valence-corrected chi connectivity index (χ2v) is 6.82. The second kappa shape index (κ2) is 7.29. The Balaban J connectivity index is 1.46. The summed E-state index contributed by atoms with van der Waals surface area (Å²) in [5, 5.41) is 6.09. The average Bonchev–Trinajstić information content (AvgIpc) is 3.37. The molecule has 0 spiro atoms. The molecule has 0 bridgehead atoms. The van der Waals surface area contributed by atoms with Crippen molar-refractivity contribution in [3.05, 3.63) is 47.6 Å². The summed E-state index contributed by atoms with van der Waals surface area (Å²) in [6, 6.07) is 7.86. The number of aromatic nitrogens is 2. The predicted molar refractivity (Wildman–Crippen MR) is 89.4 cm³/mol. The third kappa shape index (κ3) is 3.75. The molecule has 0 aliphatic carbocycles. The molecule has 1 saturated heterocycles. The third-order valence-electron chi connectivity index (χ3n) is 4.01. The van der Waals surface area contributed by atoms with Gasteiger partial charge in [-0.2, -0.15) is 4.98 Å². The first-order valence-electron chi connectivity index (χ1n) is 8.09. The Bertz CT molecular complexity index is 733. The predicted octanol–water partition coefficient (Wildman–Crippen LogP) is 3.57. The minimum Gasteiger partial charge on any atom is -0.468 e. The highest BCUT2D eigenvalue weighted by Gasteiger charge is 2.22. The summed E-state index contributed by atoms with van der Waals surface area (Å²) in [7, 11) is 0. The van der Waals surface area contributed by atoms with Gasteiger partial charge < -0.3 is 13.7 Å². The first-order valence-corrected chi connectivity index (χ1v) is 8.97. The van der Waals surface area contributed by atoms with E-state index in [0.29, 0.717) is 24.8 Å². The number of hydrogen-bond acceptors (Lipinski definition) is 7. The summed E-state index contributed by atoms with van der Waals surface area (Å²) in [4.78, 5) is 7.77. The minimum absolute atomic E-state index is 0.264. The number of nitrogens with zero attached hydrogens (tertiary/aromatic N) is 3. The van der Waals surface area contributed by atoms with Crippen LogP contribution in [0.3, 0.4) is 0 Å². The van der Waals surface area contributed by atoms with Gasteiger partial charge in [-0.25, -0.2) is 0 Å². The minimum atomic E-state index is 0.264. The second-order valence-electron chi connectivity index (χ2n) is 5.87. The highest BCUT2D eigenvalue weighted by Crippen LogP contribution is 2.22. The molecular formula is C17H19N3O3S. The summed E-state index contributed by atoms with van der Waals surface area (Å²) in [5.74, 6) is 2.18. The molecule has 1 aliphatic heterocycles. The number of thiophene rings is 1. The standard InChI is InChI=1S/C17H19N3O3S/c1-4-13(21-7-1)10-20(11-14-5-2-8-22-14)12-16-18-17(19-23-16)15-6-3-9-24-15/h1,3-4,6-7,9,14H,2,5,8,10-12H2. The molecule has 3 aromatic rings. The molecule has 126 valence electrons. The van der Waals surface area contributed by atoms with E-state index in [4.69, 9.17) is 13.7 Å². The Labute approximate surface area is 144 Å². The van der Waals surface area contributed by atoms with Gasteiger partial charge in [0.1, 0.15) is 5.76 Å². The molecule has 24 heavy (non-hydrogen) atoms. The van der Waals surface area contributed by atoms with Crippen molar-refractivity contribution in [2.45, 2.75) is 32.0 Å². The summed E-state index contributed by atoms with van der Waals surface area (Å²) in [5.41, 5.74) is 0. The molecule has 6 nitrogen and oxygen atoms in total. The van der Waals surface area contributed by atoms with E-state index < -0.39 is 0 Å². The molecule has 1 aliphatic rings. The molecule has 1 fully saturated rings. The van der Waals surface area contributed by atoms with Crippen LogP contribution in [-0.4, -0.2) is 34.3 Å². The Kier molecular flexibility index (Phi) is 4.73. The van der Waals surface area contributed by atoms with E-state index in [1.54, 1.807) is 17.6 Å². The van der Waals surface area contributed by atoms with Crippen LogP contribution in [0, 0.1) is 0 Å². The Morgan fingerprint density at radius 3 is 3.00 bits per heavy atom. The molecule has 0 radical (unpaired) electrons. The van der Waals surface area contributed by atoms with Crippen LogP contribution in [0.2, 0.25) is 0 Å². The molecule has 0 amide bonds. The van der Waals surface area contributed by atoms with Crippen molar-refractivity contribution in [1.82, 2.24) is 15.0 Å². The molecule has 0 N–H and O–H groups in total. The summed E-state index contributed by atoms with van der Waals surface area (Å²) < 4.78 is 16.7. The number of furan rings is 1. The van der Waals surface area contributed by atoms with Gasteiger partial charge >= 0.3 is 0 Å². The maximum atomic E-state index is 5.77. The van der Waals surface area contributed by atoms with E-state index in [-0.39, 0.29) is 6.10 Å². The van der Waals surface area contributed by atoms with Crippen LogP contribution < -0.4 is 0 Å². The molecule has 1 unspecified atom stereocenters. The quantitative estimate of drug-likeness (QED) is 0.652. The lowest BCUT2D eigenvalue weighted by Crippen LogP contribution is -2.31. The zero-order valence-corrected chi connectivity index (χ0v) is 14.1. The van der Waals surface area contributed by atoms with Crippen LogP contribution >= 0.6 is 11.3 Å². The Morgan fingerprint density at radius 1 is 1.25 bits per heavy atom. The van der Waals surface area contributed by atoms with Gasteiger partial charge in [0.15, 0.2) is 0 Å². The smallest absolute Gasteiger partial charge is 0.241 e. The van der Waals surface area contributed by atoms with E-state index >= 15 is 0 Å². The maximum absolute atomic E-state index is 5.77. The van der Waals surface area contributed by atoms with Crippen molar-refractivity contribution in [2.75, 3.05) is 13.2 Å². The monoisotopic (exact) mass is 345 g/mol. The third-order valence-corrected chi connectivity index (χ3v) is 4.88. The van der Waals surface area contributed by atoms with Crippen LogP contribution in [0.4, 0.5) is 0 Å². The van der Waals surface area contributed by atoms with Gasteiger partial charge in [-0.05, 0) is 36.4 Å². The largest absolute Gasteiger partial charge is 0.468 e. The van der Waals surface area contributed by atoms with Gasteiger partial charge in [-0.1, -0.05) is 11.2 Å². The van der Waals surface area contributed by atoms with Crippen LogP contribution in [0.1, 0.15) is 24.5 Å². The Hall–Kier alpha value is -1.96. The zero-order chi connectivity index (χ0) is 16.2. The van der Waals surface area contributed by atoms with E-state index in [2.05, 4.69) is 15.0 Å². The lowest BCUT2D eigenvalue weighted by Gasteiger charge is -2.22. The average molecular weight is 345 g/mol. The molecule has 3 aromatic heterocycles. The fourth-order valence-electron chi connectivity index (χ4n) is 2.90. The molecule has 4 rings (SSSR count). The van der Waals surface area contributed by atoms with E-state index in [1.807, 2.05) is 29.6 Å². The van der Waals surface area contributed by atoms with Crippen molar-refractivity contribution in [3.63, 3.8) is 0 Å². The molecule has 0 aromatic carbocycles. The van der Waals surface area contributed by atoms with E-state index in [9.17, 15) is 0 Å². The molecular weight excluding hydrogens is 326 g/mol. The van der Waals surface area contributed by atoms with Gasteiger partial charge in [-0.15, -0.1) is 11.3 Å². The first kappa shape index (κ1) is 15.6. The van der Waals surface area contributed by atoms with Crippen molar-refractivity contribution < 1.29 is 13.7 Å². The van der Waals surface area contributed by atoms with Crippen LogP contribution in [0.15, 0.2) is 44.8 Å². The molecule has 0 saturated carbocycles. The van der Waals surface area contributed by atoms with Crippen LogP contribution in [0.5, 0.6) is 0 Å². The lowest BCUT2D eigenvalue weighted by atomic mass is 10.2. The lowest BCUT2D eigenvalue weighted by molar-refractivity contribution is 0.0615. The van der Waals surface area contributed by atoms with Crippen LogP contribution in [0.25, 0.3) is 10.7 Å². The summed E-state index contributed by atoms with van der Waals surface area (Å²) in [6.45, 7) is 2.96. The fourth-order valence-corrected chi connectivity index (χ4v) is 3.55. The maximum Gasteiger partial charge on any atom is 0.241 e. The number of rotatable bonds is 7. The fraction of sp³-hybridized carbons (Fsp3) is 0.412. The number of ether oxygens (including phenoxy) is 1. The topological polar surface area (TPSA) is 64.5 Å². The SMILES string of the molecule is c1coc(CN(Cc2nc(-c3cccs3)no2)CC2CCCO2)c1. The number of hydrogen-bond donors (Lipinski definition) is 0. The molecule has 4 heterocycles. The molecule has 1 atom stereocenters. The highest BCUT2D eigenvalue weighted by atomic mass is 32.1. The van der Waals surface area contributed by atoms with Gasteiger partial charge in [0.05, 0.1) is 30.3 Å². The molecule has 7 heteroatoms. The van der Waals surface area contributed by atoms with Gasteiger partial charge in [0.2, 0.25) is 11.7 Å².